The Morgan fingerprint density at radius 3 is 2.28 bits per heavy atom. The number of benzene rings is 2. The molecule has 0 aromatic heterocycles. The number of ether oxygens (including phenoxy) is 1. The molecule has 0 aliphatic carbocycles. The first kappa shape index (κ1) is 18.9. The van der Waals surface area contributed by atoms with Crippen LogP contribution in [-0.4, -0.2) is 24.3 Å². The van der Waals surface area contributed by atoms with Gasteiger partial charge in [0.25, 0.3) is 0 Å². The average Bonchev–Trinajstić information content (AvgIpc) is 2.50. The van der Waals surface area contributed by atoms with Gasteiger partial charge in [-0.3, -0.25) is 9.59 Å². The van der Waals surface area contributed by atoms with Crippen molar-refractivity contribution in [1.29, 1.82) is 0 Å². The zero-order chi connectivity index (χ0) is 18.6. The minimum atomic E-state index is -0.835. The number of hydrogen-bond acceptors (Lipinski definition) is 4. The van der Waals surface area contributed by atoms with E-state index in [1.54, 1.807) is 0 Å². The lowest BCUT2D eigenvalue weighted by Crippen LogP contribution is -2.16. The summed E-state index contributed by atoms with van der Waals surface area (Å²) < 4.78 is 18.8. The van der Waals surface area contributed by atoms with E-state index in [0.717, 1.165) is 6.07 Å². The Balaban J connectivity index is 2.04. The molecule has 0 radical (unpaired) electrons. The van der Waals surface area contributed by atoms with Crippen molar-refractivity contribution in [2.24, 2.45) is 0 Å². The Hall–Kier alpha value is -2.44. The van der Waals surface area contributed by atoms with E-state index in [4.69, 9.17) is 27.9 Å². The summed E-state index contributed by atoms with van der Waals surface area (Å²) in [7, 11) is 0. The number of ketones is 1. The summed E-state index contributed by atoms with van der Waals surface area (Å²) in [6.07, 6.45) is 0. The molecule has 0 atom stereocenters. The van der Waals surface area contributed by atoms with Gasteiger partial charge in [0.05, 0.1) is 11.1 Å². The number of carbonyl (C=O) groups is 3. The maximum atomic E-state index is 14.0. The van der Waals surface area contributed by atoms with Gasteiger partial charge in [-0.2, -0.15) is 0 Å². The SMILES string of the molecule is CC(=O)Nc1ccc(C(=O)COC(=O)c2cc(Cl)cc(Cl)c2)c(F)c1. The molecule has 2 rings (SSSR count). The Bertz CT molecular complexity index is 834. The summed E-state index contributed by atoms with van der Waals surface area (Å²) in [6, 6.07) is 7.69. The quantitative estimate of drug-likeness (QED) is 0.622. The molecule has 1 N–H and O–H groups in total. The van der Waals surface area contributed by atoms with Crippen LogP contribution in [0.3, 0.4) is 0 Å². The van der Waals surface area contributed by atoms with E-state index < -0.39 is 24.2 Å². The zero-order valence-electron chi connectivity index (χ0n) is 12.9. The van der Waals surface area contributed by atoms with Crippen LogP contribution in [0.5, 0.6) is 0 Å². The van der Waals surface area contributed by atoms with Crippen molar-refractivity contribution >= 4 is 46.5 Å². The van der Waals surface area contributed by atoms with Gasteiger partial charge < -0.3 is 10.1 Å². The molecule has 0 saturated carbocycles. The first-order chi connectivity index (χ1) is 11.8. The van der Waals surface area contributed by atoms with E-state index in [-0.39, 0.29) is 32.8 Å². The van der Waals surface area contributed by atoms with Gasteiger partial charge in [-0.25, -0.2) is 9.18 Å². The van der Waals surface area contributed by atoms with E-state index in [1.165, 1.54) is 37.3 Å². The van der Waals surface area contributed by atoms with Gasteiger partial charge in [0.2, 0.25) is 11.7 Å². The van der Waals surface area contributed by atoms with Crippen LogP contribution in [0.25, 0.3) is 0 Å². The third kappa shape index (κ3) is 5.27. The van der Waals surface area contributed by atoms with E-state index in [0.29, 0.717) is 0 Å². The first-order valence-corrected chi connectivity index (χ1v) is 7.75. The second kappa shape index (κ2) is 8.09. The maximum Gasteiger partial charge on any atom is 0.338 e. The maximum absolute atomic E-state index is 14.0. The fraction of sp³-hybridized carbons (Fsp3) is 0.118. The minimum Gasteiger partial charge on any atom is -0.454 e. The van der Waals surface area contributed by atoms with Gasteiger partial charge in [-0.15, -0.1) is 0 Å². The Morgan fingerprint density at radius 1 is 1.08 bits per heavy atom. The molecular weight excluding hydrogens is 372 g/mol. The first-order valence-electron chi connectivity index (χ1n) is 7.00. The molecule has 25 heavy (non-hydrogen) atoms. The van der Waals surface area contributed by atoms with E-state index in [2.05, 4.69) is 5.32 Å². The predicted molar refractivity (Wildman–Crippen MR) is 91.8 cm³/mol. The van der Waals surface area contributed by atoms with Crippen LogP contribution in [-0.2, 0) is 9.53 Å². The smallest absolute Gasteiger partial charge is 0.338 e. The number of esters is 1. The van der Waals surface area contributed by atoms with Crippen molar-refractivity contribution in [3.05, 3.63) is 63.4 Å². The molecule has 130 valence electrons. The van der Waals surface area contributed by atoms with E-state index >= 15 is 0 Å². The summed E-state index contributed by atoms with van der Waals surface area (Å²) in [6.45, 7) is 0.623. The van der Waals surface area contributed by atoms with Crippen LogP contribution in [0.4, 0.5) is 10.1 Å². The highest BCUT2D eigenvalue weighted by Gasteiger charge is 2.16. The standard InChI is InChI=1S/C17H12Cl2FNO4/c1-9(22)21-13-2-3-14(15(20)7-13)16(23)8-25-17(24)10-4-11(18)6-12(19)5-10/h2-7H,8H2,1H3,(H,21,22). The third-order valence-electron chi connectivity index (χ3n) is 3.02. The van der Waals surface area contributed by atoms with Gasteiger partial charge in [0, 0.05) is 22.7 Å². The molecule has 0 unspecified atom stereocenters. The third-order valence-corrected chi connectivity index (χ3v) is 3.46. The molecular formula is C17H12Cl2FNO4. The number of anilines is 1. The van der Waals surface area contributed by atoms with Crippen LogP contribution >= 0.6 is 23.2 Å². The molecule has 0 saturated heterocycles. The average molecular weight is 384 g/mol. The number of halogens is 3. The van der Waals surface area contributed by atoms with Crippen LogP contribution in [0.1, 0.15) is 27.6 Å². The molecule has 8 heteroatoms. The summed E-state index contributed by atoms with van der Waals surface area (Å²) in [5.41, 5.74) is 0.0323. The summed E-state index contributed by atoms with van der Waals surface area (Å²) in [5, 5.41) is 2.88. The van der Waals surface area contributed by atoms with Gasteiger partial charge in [0.1, 0.15) is 5.82 Å². The van der Waals surface area contributed by atoms with Crippen molar-refractivity contribution < 1.29 is 23.5 Å². The highest BCUT2D eigenvalue weighted by atomic mass is 35.5. The molecule has 0 heterocycles. The number of nitrogens with one attached hydrogen (secondary N) is 1. The largest absolute Gasteiger partial charge is 0.454 e. The highest BCUT2D eigenvalue weighted by molar-refractivity contribution is 6.35. The van der Waals surface area contributed by atoms with Gasteiger partial charge >= 0.3 is 5.97 Å². The lowest BCUT2D eigenvalue weighted by molar-refractivity contribution is -0.114. The van der Waals surface area contributed by atoms with Gasteiger partial charge in [-0.05, 0) is 36.4 Å². The van der Waals surface area contributed by atoms with Crippen molar-refractivity contribution in [2.45, 2.75) is 6.92 Å². The molecule has 0 fully saturated rings. The molecule has 5 nitrogen and oxygen atoms in total. The topological polar surface area (TPSA) is 72.5 Å². The van der Waals surface area contributed by atoms with E-state index in [1.807, 2.05) is 0 Å². The fourth-order valence-corrected chi connectivity index (χ4v) is 2.51. The second-order valence-electron chi connectivity index (χ2n) is 5.03. The molecule has 0 spiro atoms. The molecule has 0 aliphatic rings. The van der Waals surface area contributed by atoms with Crippen LogP contribution < -0.4 is 5.32 Å². The van der Waals surface area contributed by atoms with Crippen LogP contribution in [0.15, 0.2) is 36.4 Å². The number of Topliss-reactive ketones (excluding diaryl/α,β-unsaturated/α-hetero) is 1. The number of carbonyl (C=O) groups excluding carboxylic acids is 3. The lowest BCUT2D eigenvalue weighted by Gasteiger charge is -2.08. The van der Waals surface area contributed by atoms with E-state index in [9.17, 15) is 18.8 Å². The van der Waals surface area contributed by atoms with Crippen molar-refractivity contribution in [2.75, 3.05) is 11.9 Å². The highest BCUT2D eigenvalue weighted by Crippen LogP contribution is 2.20. The Morgan fingerprint density at radius 2 is 1.72 bits per heavy atom. The van der Waals surface area contributed by atoms with Crippen molar-refractivity contribution in [1.82, 2.24) is 0 Å². The lowest BCUT2D eigenvalue weighted by atomic mass is 10.1. The molecule has 2 aromatic carbocycles. The number of hydrogen-bond donors (Lipinski definition) is 1. The van der Waals surface area contributed by atoms with Crippen molar-refractivity contribution in [3.8, 4) is 0 Å². The Labute approximate surface area is 152 Å². The van der Waals surface area contributed by atoms with Crippen LogP contribution in [0.2, 0.25) is 10.0 Å². The normalized spacial score (nSPS) is 10.2. The summed E-state index contributed by atoms with van der Waals surface area (Å²) >= 11 is 11.6. The predicted octanol–water partition coefficient (Wildman–Crippen LogP) is 4.13. The molecule has 1 amide bonds. The monoisotopic (exact) mass is 383 g/mol. The van der Waals surface area contributed by atoms with Crippen molar-refractivity contribution in [3.63, 3.8) is 0 Å². The summed E-state index contributed by atoms with van der Waals surface area (Å²) in [4.78, 5) is 34.9. The molecule has 2 aromatic rings. The number of rotatable bonds is 5. The number of amides is 1. The minimum absolute atomic E-state index is 0.0757. The van der Waals surface area contributed by atoms with Gasteiger partial charge in [-0.1, -0.05) is 23.2 Å². The second-order valence-corrected chi connectivity index (χ2v) is 5.91. The zero-order valence-corrected chi connectivity index (χ0v) is 14.4. The Kier molecular flexibility index (Phi) is 6.12. The van der Waals surface area contributed by atoms with Crippen LogP contribution in [0, 0.1) is 5.82 Å². The molecule has 0 aliphatic heterocycles. The fourth-order valence-electron chi connectivity index (χ4n) is 1.99. The van der Waals surface area contributed by atoms with Gasteiger partial charge in [0.15, 0.2) is 6.61 Å². The summed E-state index contributed by atoms with van der Waals surface area (Å²) in [5.74, 6) is -2.74. The molecule has 0 bridgehead atoms.